The summed E-state index contributed by atoms with van der Waals surface area (Å²) in [6.45, 7) is 13.2. The third-order valence-electron chi connectivity index (χ3n) is 6.97. The monoisotopic (exact) mass is 294 g/mol. The Morgan fingerprint density at radius 3 is 2.24 bits per heavy atom. The van der Waals surface area contributed by atoms with Crippen molar-refractivity contribution < 1.29 is 0 Å². The molecule has 0 radical (unpaired) electrons. The highest BCUT2D eigenvalue weighted by Gasteiger charge is 2.39. The lowest BCUT2D eigenvalue weighted by Crippen LogP contribution is -2.51. The number of hydrogen-bond acceptors (Lipinski definition) is 2. The minimum Gasteiger partial charge on any atom is -0.330 e. The van der Waals surface area contributed by atoms with Crippen LogP contribution >= 0.6 is 0 Å². The van der Waals surface area contributed by atoms with Crippen LogP contribution in [0.5, 0.6) is 0 Å². The average Bonchev–Trinajstić information content (AvgIpc) is 2.54. The number of nitrogens with zero attached hydrogens (tertiary/aromatic N) is 1. The first-order valence-corrected chi connectivity index (χ1v) is 9.45. The van der Waals surface area contributed by atoms with Crippen LogP contribution < -0.4 is 5.73 Å². The van der Waals surface area contributed by atoms with Crippen LogP contribution in [-0.2, 0) is 0 Å². The fourth-order valence-corrected chi connectivity index (χ4v) is 4.62. The van der Waals surface area contributed by atoms with E-state index in [1.54, 1.807) is 0 Å². The molecular formula is C19H38N2. The molecule has 3 unspecified atom stereocenters. The summed E-state index contributed by atoms with van der Waals surface area (Å²) < 4.78 is 0. The van der Waals surface area contributed by atoms with Crippen molar-refractivity contribution in [3.63, 3.8) is 0 Å². The number of nitrogens with two attached hydrogens (primary N) is 1. The molecule has 1 saturated heterocycles. The molecule has 2 fully saturated rings. The van der Waals surface area contributed by atoms with Crippen molar-refractivity contribution in [1.82, 2.24) is 4.90 Å². The van der Waals surface area contributed by atoms with Crippen molar-refractivity contribution in [1.29, 1.82) is 0 Å². The normalized spacial score (nSPS) is 33.3. The summed E-state index contributed by atoms with van der Waals surface area (Å²) in [5, 5.41) is 0. The van der Waals surface area contributed by atoms with Crippen LogP contribution in [-0.4, -0.2) is 30.6 Å². The van der Waals surface area contributed by atoms with E-state index in [1.165, 1.54) is 58.0 Å². The highest BCUT2D eigenvalue weighted by atomic mass is 15.2. The zero-order valence-corrected chi connectivity index (χ0v) is 14.9. The molecule has 3 atom stereocenters. The smallest absolute Gasteiger partial charge is 0.0138 e. The van der Waals surface area contributed by atoms with Gasteiger partial charge < -0.3 is 10.6 Å². The number of hydrogen-bond donors (Lipinski definition) is 1. The van der Waals surface area contributed by atoms with Crippen molar-refractivity contribution in [3.05, 3.63) is 0 Å². The van der Waals surface area contributed by atoms with E-state index in [4.69, 9.17) is 5.73 Å². The van der Waals surface area contributed by atoms with Crippen molar-refractivity contribution in [2.45, 2.75) is 78.7 Å². The molecule has 1 aliphatic carbocycles. The second-order valence-electron chi connectivity index (χ2n) is 8.30. The highest BCUT2D eigenvalue weighted by Crippen LogP contribution is 2.44. The van der Waals surface area contributed by atoms with E-state index < -0.39 is 0 Å². The molecule has 21 heavy (non-hydrogen) atoms. The summed E-state index contributed by atoms with van der Waals surface area (Å²) in [6.07, 6.45) is 9.62. The van der Waals surface area contributed by atoms with E-state index in [2.05, 4.69) is 32.6 Å². The van der Waals surface area contributed by atoms with E-state index in [1.807, 2.05) is 0 Å². The molecule has 0 spiro atoms. The number of piperidine rings is 1. The van der Waals surface area contributed by atoms with Gasteiger partial charge in [-0.05, 0) is 74.9 Å². The summed E-state index contributed by atoms with van der Waals surface area (Å²) in [7, 11) is 0. The molecule has 2 N–H and O–H groups in total. The van der Waals surface area contributed by atoms with Gasteiger partial charge in [0.1, 0.15) is 0 Å². The zero-order chi connectivity index (χ0) is 15.5. The van der Waals surface area contributed by atoms with Gasteiger partial charge in [-0.25, -0.2) is 0 Å². The van der Waals surface area contributed by atoms with Crippen LogP contribution in [0.1, 0.15) is 72.6 Å². The quantitative estimate of drug-likeness (QED) is 0.819. The highest BCUT2D eigenvalue weighted by molar-refractivity contribution is 4.93. The standard InChI is InChI=1S/C19H38N2/c1-5-15-9-11-21(12-10-15)18-13-17(19(3,4)6-2)8-7-16(18)14-20/h15-18H,5-14,20H2,1-4H3. The Kier molecular flexibility index (Phi) is 6.14. The minimum atomic E-state index is 0.500. The molecule has 124 valence electrons. The van der Waals surface area contributed by atoms with Crippen LogP contribution in [0.3, 0.4) is 0 Å². The van der Waals surface area contributed by atoms with Gasteiger partial charge in [0.15, 0.2) is 0 Å². The van der Waals surface area contributed by atoms with Gasteiger partial charge >= 0.3 is 0 Å². The lowest BCUT2D eigenvalue weighted by Gasteiger charge is -2.48. The summed E-state index contributed by atoms with van der Waals surface area (Å²) in [6, 6.07) is 0.761. The Morgan fingerprint density at radius 1 is 1.05 bits per heavy atom. The van der Waals surface area contributed by atoms with E-state index in [9.17, 15) is 0 Å². The van der Waals surface area contributed by atoms with Gasteiger partial charge in [0.05, 0.1) is 0 Å². The molecule has 0 amide bonds. The van der Waals surface area contributed by atoms with Crippen molar-refractivity contribution in [2.75, 3.05) is 19.6 Å². The topological polar surface area (TPSA) is 29.3 Å². The third kappa shape index (κ3) is 4.01. The van der Waals surface area contributed by atoms with Crippen molar-refractivity contribution in [3.8, 4) is 0 Å². The Hall–Kier alpha value is -0.0800. The van der Waals surface area contributed by atoms with Crippen LogP contribution in [0.15, 0.2) is 0 Å². The van der Waals surface area contributed by atoms with E-state index in [0.717, 1.165) is 30.3 Å². The van der Waals surface area contributed by atoms with Crippen molar-refractivity contribution in [2.24, 2.45) is 28.9 Å². The predicted octanol–water partition coefficient (Wildman–Crippen LogP) is 4.29. The molecule has 0 aromatic carbocycles. The summed E-state index contributed by atoms with van der Waals surface area (Å²) >= 11 is 0. The first-order valence-electron chi connectivity index (χ1n) is 9.45. The SMILES string of the molecule is CCC1CCN(C2CC(C(C)(C)CC)CCC2CN)CC1. The Morgan fingerprint density at radius 2 is 1.71 bits per heavy atom. The number of rotatable bonds is 5. The second kappa shape index (κ2) is 7.46. The maximum atomic E-state index is 6.11. The van der Waals surface area contributed by atoms with E-state index in [-0.39, 0.29) is 0 Å². The molecule has 2 aliphatic rings. The molecule has 0 aromatic heterocycles. The van der Waals surface area contributed by atoms with Crippen LogP contribution in [0.25, 0.3) is 0 Å². The first-order chi connectivity index (χ1) is 10.0. The molecule has 2 nitrogen and oxygen atoms in total. The molecule has 1 heterocycles. The largest absolute Gasteiger partial charge is 0.330 e. The maximum absolute atomic E-state index is 6.11. The lowest BCUT2D eigenvalue weighted by atomic mass is 9.65. The van der Waals surface area contributed by atoms with Gasteiger partial charge in [-0.1, -0.05) is 40.5 Å². The molecular weight excluding hydrogens is 256 g/mol. The Bertz CT molecular complexity index is 305. The van der Waals surface area contributed by atoms with E-state index >= 15 is 0 Å². The van der Waals surface area contributed by atoms with Crippen LogP contribution in [0.4, 0.5) is 0 Å². The maximum Gasteiger partial charge on any atom is 0.0138 e. The predicted molar refractivity (Wildman–Crippen MR) is 92.3 cm³/mol. The first kappa shape index (κ1) is 17.3. The Balaban J connectivity index is 2.00. The summed E-state index contributed by atoms with van der Waals surface area (Å²) in [5.74, 6) is 2.61. The second-order valence-corrected chi connectivity index (χ2v) is 8.30. The van der Waals surface area contributed by atoms with E-state index in [0.29, 0.717) is 5.41 Å². The molecule has 1 aliphatic heterocycles. The summed E-state index contributed by atoms with van der Waals surface area (Å²) in [5.41, 5.74) is 6.61. The minimum absolute atomic E-state index is 0.500. The third-order valence-corrected chi connectivity index (χ3v) is 6.97. The van der Waals surface area contributed by atoms with Gasteiger partial charge in [-0.15, -0.1) is 0 Å². The molecule has 1 saturated carbocycles. The fourth-order valence-electron chi connectivity index (χ4n) is 4.62. The lowest BCUT2D eigenvalue weighted by molar-refractivity contribution is 0.0199. The van der Waals surface area contributed by atoms with Gasteiger partial charge in [0.25, 0.3) is 0 Å². The molecule has 2 rings (SSSR count). The Labute approximate surface area is 132 Å². The molecule has 0 bridgehead atoms. The number of likely N-dealkylation sites (tertiary alicyclic amines) is 1. The molecule has 0 aromatic rings. The van der Waals surface area contributed by atoms with Crippen molar-refractivity contribution >= 4 is 0 Å². The summed E-state index contributed by atoms with van der Waals surface area (Å²) in [4.78, 5) is 2.81. The zero-order valence-electron chi connectivity index (χ0n) is 14.9. The van der Waals surface area contributed by atoms with Gasteiger partial charge in [0, 0.05) is 6.04 Å². The fraction of sp³-hybridized carbons (Fsp3) is 1.00. The molecule has 2 heteroatoms. The van der Waals surface area contributed by atoms with Gasteiger partial charge in [0.2, 0.25) is 0 Å². The average molecular weight is 295 g/mol. The van der Waals surface area contributed by atoms with Crippen LogP contribution in [0, 0.1) is 23.2 Å². The van der Waals surface area contributed by atoms with Crippen LogP contribution in [0.2, 0.25) is 0 Å². The van der Waals surface area contributed by atoms with Gasteiger partial charge in [-0.2, -0.15) is 0 Å². The van der Waals surface area contributed by atoms with Gasteiger partial charge in [-0.3, -0.25) is 0 Å².